The Labute approximate surface area is 150 Å². The molecule has 3 rings (SSSR count). The highest BCUT2D eigenvalue weighted by atomic mass is 79.9. The number of nitrogens with one attached hydrogen (secondary N) is 1. The molecule has 0 saturated carbocycles. The number of amides is 1. The lowest BCUT2D eigenvalue weighted by atomic mass is 10.2. The van der Waals surface area contributed by atoms with Crippen molar-refractivity contribution in [1.29, 1.82) is 0 Å². The summed E-state index contributed by atoms with van der Waals surface area (Å²) in [4.78, 5) is 23.9. The van der Waals surface area contributed by atoms with Crippen molar-refractivity contribution in [2.45, 2.75) is 13.8 Å². The van der Waals surface area contributed by atoms with Crippen LogP contribution in [0.5, 0.6) is 0 Å². The average molecular weight is 390 g/mol. The Bertz CT molecular complexity index is 744. The summed E-state index contributed by atoms with van der Waals surface area (Å²) in [6.07, 6.45) is 0.901. The summed E-state index contributed by atoms with van der Waals surface area (Å²) < 4.78 is 1.05. The van der Waals surface area contributed by atoms with Crippen molar-refractivity contribution < 1.29 is 4.79 Å². The van der Waals surface area contributed by atoms with E-state index < -0.39 is 0 Å². The van der Waals surface area contributed by atoms with Gasteiger partial charge < -0.3 is 15.1 Å². The first-order valence-electron chi connectivity index (χ1n) is 7.88. The van der Waals surface area contributed by atoms with Gasteiger partial charge in [-0.3, -0.25) is 4.79 Å². The second kappa shape index (κ2) is 7.17. The van der Waals surface area contributed by atoms with E-state index in [1.54, 1.807) is 4.90 Å². The van der Waals surface area contributed by atoms with Crippen LogP contribution in [0.2, 0.25) is 0 Å². The number of aromatic nitrogens is 2. The lowest BCUT2D eigenvalue weighted by Crippen LogP contribution is -2.46. The fraction of sp³-hybridized carbons (Fsp3) is 0.353. The number of anilines is 3. The van der Waals surface area contributed by atoms with E-state index >= 15 is 0 Å². The standard InChI is InChI=1S/C17H20BrN5O/c1-12-9-14(18)3-4-15(12)20-16-10-13(2)19-17(21-16)23-7-5-22(11-24)6-8-23/h3-4,9-11H,5-8H2,1-2H3,(H,19,20,21). The zero-order chi connectivity index (χ0) is 17.1. The number of piperazine rings is 1. The minimum Gasteiger partial charge on any atom is -0.342 e. The normalized spacial score (nSPS) is 14.6. The second-order valence-corrected chi connectivity index (χ2v) is 6.82. The maximum Gasteiger partial charge on any atom is 0.227 e. The summed E-state index contributed by atoms with van der Waals surface area (Å²) in [6.45, 7) is 6.93. The maximum absolute atomic E-state index is 10.8. The number of rotatable bonds is 4. The van der Waals surface area contributed by atoms with Gasteiger partial charge in [0.05, 0.1) is 0 Å². The maximum atomic E-state index is 10.8. The van der Waals surface area contributed by atoms with Crippen molar-refractivity contribution in [2.24, 2.45) is 0 Å². The Morgan fingerprint density at radius 3 is 2.54 bits per heavy atom. The summed E-state index contributed by atoms with van der Waals surface area (Å²) in [5.74, 6) is 1.48. The number of hydrogen-bond donors (Lipinski definition) is 1. The third kappa shape index (κ3) is 3.84. The van der Waals surface area contributed by atoms with E-state index in [-0.39, 0.29) is 0 Å². The highest BCUT2D eigenvalue weighted by molar-refractivity contribution is 9.10. The minimum atomic E-state index is 0.704. The molecule has 1 aromatic carbocycles. The molecule has 0 atom stereocenters. The molecule has 2 heterocycles. The van der Waals surface area contributed by atoms with Gasteiger partial charge >= 0.3 is 0 Å². The summed E-state index contributed by atoms with van der Waals surface area (Å²) in [5, 5.41) is 3.37. The van der Waals surface area contributed by atoms with E-state index in [1.165, 1.54) is 0 Å². The van der Waals surface area contributed by atoms with Crippen LogP contribution in [0.4, 0.5) is 17.5 Å². The van der Waals surface area contributed by atoms with Crippen molar-refractivity contribution in [3.63, 3.8) is 0 Å². The molecule has 1 aromatic heterocycles. The largest absolute Gasteiger partial charge is 0.342 e. The third-order valence-corrected chi connectivity index (χ3v) is 4.53. The lowest BCUT2D eigenvalue weighted by Gasteiger charge is -2.32. The van der Waals surface area contributed by atoms with Crippen molar-refractivity contribution in [3.05, 3.63) is 40.0 Å². The number of hydrogen-bond acceptors (Lipinski definition) is 5. The molecule has 126 valence electrons. The second-order valence-electron chi connectivity index (χ2n) is 5.91. The van der Waals surface area contributed by atoms with Gasteiger partial charge in [0.15, 0.2) is 0 Å². The van der Waals surface area contributed by atoms with Gasteiger partial charge in [-0.25, -0.2) is 4.98 Å². The number of carbonyl (C=O) groups excluding carboxylic acids is 1. The highest BCUT2D eigenvalue weighted by Gasteiger charge is 2.18. The molecule has 1 amide bonds. The number of benzene rings is 1. The van der Waals surface area contributed by atoms with Crippen LogP contribution in [0.25, 0.3) is 0 Å². The van der Waals surface area contributed by atoms with Crippen molar-refractivity contribution in [1.82, 2.24) is 14.9 Å². The van der Waals surface area contributed by atoms with Gasteiger partial charge in [-0.2, -0.15) is 4.98 Å². The van der Waals surface area contributed by atoms with E-state index in [2.05, 4.69) is 49.1 Å². The Hall–Kier alpha value is -2.15. The molecular formula is C17H20BrN5O. The van der Waals surface area contributed by atoms with Crippen LogP contribution in [-0.2, 0) is 4.79 Å². The molecule has 1 N–H and O–H groups in total. The summed E-state index contributed by atoms with van der Waals surface area (Å²) in [7, 11) is 0. The molecule has 0 unspecified atom stereocenters. The molecule has 0 aliphatic carbocycles. The van der Waals surface area contributed by atoms with E-state index in [0.29, 0.717) is 19.0 Å². The Balaban J connectivity index is 1.80. The quantitative estimate of drug-likeness (QED) is 0.814. The monoisotopic (exact) mass is 389 g/mol. The first-order chi connectivity index (χ1) is 11.5. The van der Waals surface area contributed by atoms with Gasteiger partial charge in [0.2, 0.25) is 12.4 Å². The molecule has 1 saturated heterocycles. The lowest BCUT2D eigenvalue weighted by molar-refractivity contribution is -0.118. The molecule has 0 bridgehead atoms. The first kappa shape index (κ1) is 16.7. The molecule has 1 aliphatic heterocycles. The SMILES string of the molecule is Cc1cc(Nc2ccc(Br)cc2C)nc(N2CCN(C=O)CC2)n1. The number of nitrogens with zero attached hydrogens (tertiary/aromatic N) is 4. The van der Waals surface area contributed by atoms with Crippen molar-refractivity contribution >= 4 is 39.8 Å². The first-order valence-corrected chi connectivity index (χ1v) is 8.67. The molecule has 1 fully saturated rings. The van der Waals surface area contributed by atoms with Gasteiger partial charge in [0.25, 0.3) is 0 Å². The van der Waals surface area contributed by atoms with Crippen LogP contribution in [0.1, 0.15) is 11.3 Å². The molecule has 7 heteroatoms. The predicted molar refractivity (Wildman–Crippen MR) is 98.8 cm³/mol. The van der Waals surface area contributed by atoms with Gasteiger partial charge in [0.1, 0.15) is 5.82 Å². The molecule has 0 radical (unpaired) electrons. The zero-order valence-electron chi connectivity index (χ0n) is 13.8. The number of halogens is 1. The van der Waals surface area contributed by atoms with E-state index in [9.17, 15) is 4.79 Å². The molecule has 2 aromatic rings. The molecule has 1 aliphatic rings. The number of aryl methyl sites for hydroxylation is 2. The average Bonchev–Trinajstić information content (AvgIpc) is 2.57. The van der Waals surface area contributed by atoms with Gasteiger partial charge in [-0.15, -0.1) is 0 Å². The van der Waals surface area contributed by atoms with Gasteiger partial charge in [0, 0.05) is 48.1 Å². The van der Waals surface area contributed by atoms with Crippen LogP contribution in [0.3, 0.4) is 0 Å². The summed E-state index contributed by atoms with van der Waals surface area (Å²) in [6, 6.07) is 8.03. The van der Waals surface area contributed by atoms with Crippen LogP contribution in [-0.4, -0.2) is 47.5 Å². The molecule has 24 heavy (non-hydrogen) atoms. The van der Waals surface area contributed by atoms with E-state index in [1.807, 2.05) is 25.1 Å². The zero-order valence-corrected chi connectivity index (χ0v) is 15.4. The predicted octanol–water partition coefficient (Wildman–Crippen LogP) is 2.88. The minimum absolute atomic E-state index is 0.704. The third-order valence-electron chi connectivity index (χ3n) is 4.04. The van der Waals surface area contributed by atoms with E-state index in [0.717, 1.165) is 46.7 Å². The Kier molecular flexibility index (Phi) is 4.99. The smallest absolute Gasteiger partial charge is 0.227 e. The Morgan fingerprint density at radius 2 is 1.88 bits per heavy atom. The van der Waals surface area contributed by atoms with Gasteiger partial charge in [-0.1, -0.05) is 15.9 Å². The van der Waals surface area contributed by atoms with Crippen LogP contribution < -0.4 is 10.2 Å². The van der Waals surface area contributed by atoms with Crippen LogP contribution in [0.15, 0.2) is 28.7 Å². The fourth-order valence-electron chi connectivity index (χ4n) is 2.69. The highest BCUT2D eigenvalue weighted by Crippen LogP contribution is 2.24. The molecule has 0 spiro atoms. The van der Waals surface area contributed by atoms with Crippen molar-refractivity contribution in [3.8, 4) is 0 Å². The molecule has 6 nitrogen and oxygen atoms in total. The summed E-state index contributed by atoms with van der Waals surface area (Å²) >= 11 is 3.48. The van der Waals surface area contributed by atoms with Crippen molar-refractivity contribution in [2.75, 3.05) is 36.4 Å². The van der Waals surface area contributed by atoms with E-state index in [4.69, 9.17) is 0 Å². The molecular weight excluding hydrogens is 370 g/mol. The van der Waals surface area contributed by atoms with Crippen LogP contribution >= 0.6 is 15.9 Å². The topological polar surface area (TPSA) is 61.4 Å². The van der Waals surface area contributed by atoms with Crippen LogP contribution in [0, 0.1) is 13.8 Å². The van der Waals surface area contributed by atoms with Gasteiger partial charge in [-0.05, 0) is 37.6 Å². The summed E-state index contributed by atoms with van der Waals surface area (Å²) in [5.41, 5.74) is 3.07. The Morgan fingerprint density at radius 1 is 1.12 bits per heavy atom. The number of carbonyl (C=O) groups is 1. The fourth-order valence-corrected chi connectivity index (χ4v) is 3.17.